The van der Waals surface area contributed by atoms with Gasteiger partial charge in [0.15, 0.2) is 0 Å². The van der Waals surface area contributed by atoms with Crippen LogP contribution in [0.2, 0.25) is 0 Å². The number of rotatable bonds is 9. The van der Waals surface area contributed by atoms with Crippen LogP contribution in [0.3, 0.4) is 0 Å². The molecule has 2 aromatic carbocycles. The minimum atomic E-state index is -3.52. The van der Waals surface area contributed by atoms with Crippen molar-refractivity contribution in [1.29, 1.82) is 0 Å². The van der Waals surface area contributed by atoms with Crippen LogP contribution in [-0.2, 0) is 21.2 Å². The molecule has 1 N–H and O–H groups in total. The number of nitrogens with one attached hydrogen (secondary N) is 1. The summed E-state index contributed by atoms with van der Waals surface area (Å²) in [4.78, 5) is 13.8. The second kappa shape index (κ2) is 11.0. The molecule has 1 heterocycles. The lowest BCUT2D eigenvalue weighted by Gasteiger charge is -2.30. The van der Waals surface area contributed by atoms with Gasteiger partial charge in [-0.05, 0) is 67.5 Å². The predicted molar refractivity (Wildman–Crippen MR) is 124 cm³/mol. The number of amides is 1. The molecule has 1 amide bonds. The highest BCUT2D eigenvalue weighted by atomic mass is 32.2. The fourth-order valence-electron chi connectivity index (χ4n) is 3.56. The molecule has 6 nitrogen and oxygen atoms in total. The first-order valence-electron chi connectivity index (χ1n) is 10.6. The summed E-state index contributed by atoms with van der Waals surface area (Å²) < 4.78 is 32.8. The predicted octanol–water partition coefficient (Wildman–Crippen LogP) is 3.57. The van der Waals surface area contributed by atoms with E-state index in [-0.39, 0.29) is 11.8 Å². The van der Waals surface area contributed by atoms with E-state index < -0.39 is 10.0 Å². The van der Waals surface area contributed by atoms with Crippen LogP contribution in [0, 0.1) is 5.92 Å². The topological polar surface area (TPSA) is 75.7 Å². The van der Waals surface area contributed by atoms with E-state index in [1.54, 1.807) is 23.9 Å². The highest BCUT2D eigenvalue weighted by molar-refractivity contribution is 7.98. The minimum Gasteiger partial charge on any atom is -0.492 e. The van der Waals surface area contributed by atoms with Crippen LogP contribution in [0.15, 0.2) is 58.3 Å². The van der Waals surface area contributed by atoms with E-state index in [0.717, 1.165) is 17.1 Å². The highest BCUT2D eigenvalue weighted by Crippen LogP contribution is 2.25. The highest BCUT2D eigenvalue weighted by Gasteiger charge is 2.31. The number of ether oxygens (including phenoxy) is 1. The van der Waals surface area contributed by atoms with Crippen LogP contribution in [0.25, 0.3) is 0 Å². The molecular formula is C23H30N2O4S2. The summed E-state index contributed by atoms with van der Waals surface area (Å²) in [6.45, 7) is 3.63. The van der Waals surface area contributed by atoms with Gasteiger partial charge in [0.05, 0.1) is 11.4 Å². The molecule has 0 spiro atoms. The zero-order valence-electron chi connectivity index (χ0n) is 18.0. The minimum absolute atomic E-state index is 0.0358. The van der Waals surface area contributed by atoms with E-state index in [2.05, 4.69) is 12.2 Å². The zero-order chi connectivity index (χ0) is 22.3. The number of sulfonamides is 1. The molecule has 0 saturated carbocycles. The van der Waals surface area contributed by atoms with Crippen molar-refractivity contribution in [2.75, 3.05) is 32.5 Å². The van der Waals surface area contributed by atoms with Crippen LogP contribution < -0.4 is 10.1 Å². The summed E-state index contributed by atoms with van der Waals surface area (Å²) in [5, 5.41) is 2.91. The maximum Gasteiger partial charge on any atom is 0.243 e. The number of benzene rings is 2. The van der Waals surface area contributed by atoms with Gasteiger partial charge in [0.1, 0.15) is 12.4 Å². The summed E-state index contributed by atoms with van der Waals surface area (Å²) in [5.41, 5.74) is 1.26. The Labute approximate surface area is 189 Å². The first-order chi connectivity index (χ1) is 14.9. The van der Waals surface area contributed by atoms with Gasteiger partial charge < -0.3 is 10.1 Å². The third-order valence-corrected chi connectivity index (χ3v) is 8.18. The van der Waals surface area contributed by atoms with E-state index in [0.29, 0.717) is 44.0 Å². The second-order valence-corrected chi connectivity index (χ2v) is 10.3. The lowest BCUT2D eigenvalue weighted by Crippen LogP contribution is -2.43. The fraction of sp³-hybridized carbons (Fsp3) is 0.435. The monoisotopic (exact) mass is 462 g/mol. The number of carbonyl (C=O) groups excluding carboxylic acids is 1. The Morgan fingerprint density at radius 2 is 1.74 bits per heavy atom. The number of carbonyl (C=O) groups is 1. The SMILES string of the molecule is CCc1ccc(OCCNC(=O)C2CCN(S(=O)(=O)c3ccc(SC)cc3)CC2)cc1. The number of aryl methyl sites for hydroxylation is 1. The molecule has 0 aliphatic carbocycles. The van der Waals surface area contributed by atoms with Crippen molar-refractivity contribution in [1.82, 2.24) is 9.62 Å². The van der Waals surface area contributed by atoms with Gasteiger partial charge in [-0.25, -0.2) is 8.42 Å². The van der Waals surface area contributed by atoms with Crippen molar-refractivity contribution in [3.8, 4) is 5.75 Å². The van der Waals surface area contributed by atoms with Crippen molar-refractivity contribution in [2.24, 2.45) is 5.92 Å². The third-order valence-electron chi connectivity index (χ3n) is 5.52. The van der Waals surface area contributed by atoms with Crippen LogP contribution in [0.1, 0.15) is 25.3 Å². The van der Waals surface area contributed by atoms with Gasteiger partial charge in [-0.3, -0.25) is 4.79 Å². The lowest BCUT2D eigenvalue weighted by atomic mass is 9.97. The van der Waals surface area contributed by atoms with Crippen LogP contribution in [0.4, 0.5) is 0 Å². The number of piperidine rings is 1. The molecule has 0 atom stereocenters. The first kappa shape index (κ1) is 23.6. The van der Waals surface area contributed by atoms with E-state index in [9.17, 15) is 13.2 Å². The van der Waals surface area contributed by atoms with Crippen molar-refractivity contribution < 1.29 is 17.9 Å². The fourth-order valence-corrected chi connectivity index (χ4v) is 5.44. The van der Waals surface area contributed by atoms with E-state index >= 15 is 0 Å². The first-order valence-corrected chi connectivity index (χ1v) is 13.2. The molecule has 1 aliphatic heterocycles. The molecule has 31 heavy (non-hydrogen) atoms. The summed E-state index contributed by atoms with van der Waals surface area (Å²) >= 11 is 1.57. The van der Waals surface area contributed by atoms with Crippen molar-refractivity contribution in [2.45, 2.75) is 36.0 Å². The molecular weight excluding hydrogens is 432 g/mol. The van der Waals surface area contributed by atoms with Crippen molar-refractivity contribution >= 4 is 27.7 Å². The number of hydrogen-bond donors (Lipinski definition) is 1. The third kappa shape index (κ3) is 6.24. The average Bonchev–Trinajstić information content (AvgIpc) is 2.82. The molecule has 1 fully saturated rings. The Balaban J connectivity index is 1.42. The standard InChI is InChI=1S/C23H30N2O4S2/c1-3-18-4-6-20(7-5-18)29-17-14-24-23(26)19-12-15-25(16-13-19)31(27,28)22-10-8-21(30-2)9-11-22/h4-11,19H,3,12-17H2,1-2H3,(H,24,26). The molecule has 1 aliphatic rings. The maximum atomic E-state index is 12.9. The van der Waals surface area contributed by atoms with Gasteiger partial charge in [-0.1, -0.05) is 19.1 Å². The smallest absolute Gasteiger partial charge is 0.243 e. The quantitative estimate of drug-likeness (QED) is 0.455. The molecule has 168 valence electrons. The Morgan fingerprint density at radius 1 is 1.10 bits per heavy atom. The Morgan fingerprint density at radius 3 is 2.32 bits per heavy atom. The summed E-state index contributed by atoms with van der Waals surface area (Å²) in [5.74, 6) is 0.580. The molecule has 3 rings (SSSR count). The molecule has 0 radical (unpaired) electrons. The summed E-state index contributed by atoms with van der Waals surface area (Å²) in [6, 6.07) is 14.9. The van der Waals surface area contributed by atoms with Gasteiger partial charge in [0, 0.05) is 23.9 Å². The lowest BCUT2D eigenvalue weighted by molar-refractivity contribution is -0.126. The Kier molecular flexibility index (Phi) is 8.40. The number of hydrogen-bond acceptors (Lipinski definition) is 5. The molecule has 0 aromatic heterocycles. The largest absolute Gasteiger partial charge is 0.492 e. The van der Waals surface area contributed by atoms with E-state index in [1.807, 2.05) is 42.7 Å². The van der Waals surface area contributed by atoms with Gasteiger partial charge in [-0.15, -0.1) is 11.8 Å². The van der Waals surface area contributed by atoms with E-state index in [1.165, 1.54) is 9.87 Å². The van der Waals surface area contributed by atoms with Gasteiger partial charge >= 0.3 is 0 Å². The normalized spacial score (nSPS) is 15.5. The van der Waals surface area contributed by atoms with Gasteiger partial charge in [-0.2, -0.15) is 4.31 Å². The van der Waals surface area contributed by atoms with E-state index in [4.69, 9.17) is 4.74 Å². The Bertz CT molecular complexity index is 952. The van der Waals surface area contributed by atoms with Crippen LogP contribution >= 0.6 is 11.8 Å². The maximum absolute atomic E-state index is 12.9. The summed E-state index contributed by atoms with van der Waals surface area (Å²) in [6.07, 6.45) is 3.98. The number of nitrogens with zero attached hydrogens (tertiary/aromatic N) is 1. The Hall–Kier alpha value is -2.03. The average molecular weight is 463 g/mol. The van der Waals surface area contributed by atoms with Crippen LogP contribution in [0.5, 0.6) is 5.75 Å². The molecule has 8 heteroatoms. The zero-order valence-corrected chi connectivity index (χ0v) is 19.7. The molecule has 2 aromatic rings. The second-order valence-electron chi connectivity index (χ2n) is 7.49. The van der Waals surface area contributed by atoms with Gasteiger partial charge in [0.25, 0.3) is 0 Å². The summed E-state index contributed by atoms with van der Waals surface area (Å²) in [7, 11) is -3.52. The molecule has 1 saturated heterocycles. The van der Waals surface area contributed by atoms with Crippen molar-refractivity contribution in [3.63, 3.8) is 0 Å². The van der Waals surface area contributed by atoms with Crippen LogP contribution in [-0.4, -0.2) is 51.1 Å². The molecule has 0 bridgehead atoms. The van der Waals surface area contributed by atoms with Gasteiger partial charge in [0.2, 0.25) is 15.9 Å². The van der Waals surface area contributed by atoms with Crippen molar-refractivity contribution in [3.05, 3.63) is 54.1 Å². The number of thioether (sulfide) groups is 1. The molecule has 0 unspecified atom stereocenters.